The van der Waals surface area contributed by atoms with Crippen LogP contribution in [0, 0.1) is 0 Å². The van der Waals surface area contributed by atoms with Gasteiger partial charge in [0.1, 0.15) is 0 Å². The lowest BCUT2D eigenvalue weighted by Gasteiger charge is -2.17. The minimum atomic E-state index is -0.235. The summed E-state index contributed by atoms with van der Waals surface area (Å²) in [7, 11) is 0. The Morgan fingerprint density at radius 2 is 2.00 bits per heavy atom. The van der Waals surface area contributed by atoms with Crippen molar-refractivity contribution in [3.05, 3.63) is 34.9 Å². The average molecular weight is 287 g/mol. The van der Waals surface area contributed by atoms with Gasteiger partial charge >= 0.3 is 0 Å². The largest absolute Gasteiger partial charge is 0.351 e. The van der Waals surface area contributed by atoms with Gasteiger partial charge in [0, 0.05) is 22.9 Å². The monoisotopic (exact) mass is 286 g/mol. The summed E-state index contributed by atoms with van der Waals surface area (Å²) in [5, 5.41) is 3.56. The lowest BCUT2D eigenvalue weighted by atomic mass is 10.1. The first kappa shape index (κ1) is 15.3. The van der Waals surface area contributed by atoms with Crippen LogP contribution in [0.5, 0.6) is 0 Å². The standard InChI is InChI=1S/C13H19ClN2OS/c1-13(2,15)9-18-8-12(17)16-7-10-3-5-11(14)6-4-10/h3-6H,7-9,15H2,1-2H3,(H,16,17). The van der Waals surface area contributed by atoms with E-state index in [-0.39, 0.29) is 11.4 Å². The number of thioether (sulfide) groups is 1. The van der Waals surface area contributed by atoms with Gasteiger partial charge in [-0.3, -0.25) is 4.79 Å². The van der Waals surface area contributed by atoms with Crippen molar-refractivity contribution < 1.29 is 4.79 Å². The molecule has 1 aromatic carbocycles. The van der Waals surface area contributed by atoms with Crippen LogP contribution >= 0.6 is 23.4 Å². The van der Waals surface area contributed by atoms with E-state index in [2.05, 4.69) is 5.32 Å². The van der Waals surface area contributed by atoms with Gasteiger partial charge in [0.05, 0.1) is 5.75 Å². The molecule has 3 nitrogen and oxygen atoms in total. The Bertz CT molecular complexity index is 387. The second kappa shape index (κ2) is 7.02. The van der Waals surface area contributed by atoms with Gasteiger partial charge in [-0.25, -0.2) is 0 Å². The van der Waals surface area contributed by atoms with E-state index in [1.165, 1.54) is 0 Å². The second-order valence-corrected chi connectivity index (χ2v) is 6.31. The van der Waals surface area contributed by atoms with E-state index in [1.54, 1.807) is 11.8 Å². The van der Waals surface area contributed by atoms with E-state index in [9.17, 15) is 4.79 Å². The molecule has 0 aliphatic heterocycles. The molecule has 0 atom stereocenters. The molecule has 3 N–H and O–H groups in total. The molecule has 0 aliphatic rings. The second-order valence-electron chi connectivity index (χ2n) is 4.88. The van der Waals surface area contributed by atoms with Crippen LogP contribution in [0.25, 0.3) is 0 Å². The number of nitrogens with two attached hydrogens (primary N) is 1. The summed E-state index contributed by atoms with van der Waals surface area (Å²) in [5.74, 6) is 1.23. The van der Waals surface area contributed by atoms with Crippen molar-refractivity contribution in [2.45, 2.75) is 25.9 Å². The van der Waals surface area contributed by atoms with Gasteiger partial charge in [0.2, 0.25) is 5.91 Å². The first-order valence-electron chi connectivity index (χ1n) is 5.74. The number of carbonyl (C=O) groups excluding carboxylic acids is 1. The summed E-state index contributed by atoms with van der Waals surface area (Å²) in [4.78, 5) is 11.6. The van der Waals surface area contributed by atoms with Crippen molar-refractivity contribution >= 4 is 29.3 Å². The Balaban J connectivity index is 2.23. The molecule has 0 spiro atoms. The molecule has 0 radical (unpaired) electrons. The van der Waals surface area contributed by atoms with E-state index in [0.29, 0.717) is 17.3 Å². The zero-order valence-electron chi connectivity index (χ0n) is 10.7. The summed E-state index contributed by atoms with van der Waals surface area (Å²) in [6.45, 7) is 4.43. The third kappa shape index (κ3) is 6.89. The number of hydrogen-bond donors (Lipinski definition) is 2. The maximum absolute atomic E-state index is 11.6. The molecule has 0 aromatic heterocycles. The molecular weight excluding hydrogens is 268 g/mol. The highest BCUT2D eigenvalue weighted by atomic mass is 35.5. The van der Waals surface area contributed by atoms with E-state index in [1.807, 2.05) is 38.1 Å². The van der Waals surface area contributed by atoms with Crippen LogP contribution in [-0.4, -0.2) is 23.0 Å². The number of nitrogens with one attached hydrogen (secondary N) is 1. The minimum absolute atomic E-state index is 0.0270. The summed E-state index contributed by atoms with van der Waals surface area (Å²) in [6, 6.07) is 7.43. The van der Waals surface area contributed by atoms with Gasteiger partial charge < -0.3 is 11.1 Å². The quantitative estimate of drug-likeness (QED) is 0.844. The summed E-state index contributed by atoms with van der Waals surface area (Å²) < 4.78 is 0. The molecule has 1 amide bonds. The Morgan fingerprint density at radius 1 is 1.39 bits per heavy atom. The molecule has 18 heavy (non-hydrogen) atoms. The van der Waals surface area contributed by atoms with Gasteiger partial charge in [-0.1, -0.05) is 23.7 Å². The van der Waals surface area contributed by atoms with Gasteiger partial charge in [-0.15, -0.1) is 0 Å². The minimum Gasteiger partial charge on any atom is -0.351 e. The number of amides is 1. The van der Waals surface area contributed by atoms with E-state index < -0.39 is 0 Å². The molecule has 100 valence electrons. The van der Waals surface area contributed by atoms with Crippen LogP contribution in [-0.2, 0) is 11.3 Å². The van der Waals surface area contributed by atoms with Crippen molar-refractivity contribution in [3.8, 4) is 0 Å². The molecule has 0 bridgehead atoms. The zero-order chi connectivity index (χ0) is 13.6. The number of carbonyl (C=O) groups is 1. The molecule has 0 saturated heterocycles. The highest BCUT2D eigenvalue weighted by molar-refractivity contribution is 8.00. The third-order valence-electron chi connectivity index (χ3n) is 2.11. The average Bonchev–Trinajstić information content (AvgIpc) is 2.26. The molecular formula is C13H19ClN2OS. The fourth-order valence-electron chi connectivity index (χ4n) is 1.26. The molecule has 0 saturated carbocycles. The summed E-state index contributed by atoms with van der Waals surface area (Å²) in [5.41, 5.74) is 6.64. The van der Waals surface area contributed by atoms with E-state index >= 15 is 0 Å². The van der Waals surface area contributed by atoms with Gasteiger partial charge in [0.15, 0.2) is 0 Å². The lowest BCUT2D eigenvalue weighted by Crippen LogP contribution is -2.35. The highest BCUT2D eigenvalue weighted by Crippen LogP contribution is 2.10. The molecule has 1 aromatic rings. The van der Waals surface area contributed by atoms with Crippen molar-refractivity contribution in [1.29, 1.82) is 0 Å². The smallest absolute Gasteiger partial charge is 0.230 e. The predicted octanol–water partition coefficient (Wildman–Crippen LogP) is 2.43. The lowest BCUT2D eigenvalue weighted by molar-refractivity contribution is -0.118. The fourth-order valence-corrected chi connectivity index (χ4v) is 2.30. The molecule has 0 heterocycles. The molecule has 5 heteroatoms. The normalized spacial score (nSPS) is 11.3. The topological polar surface area (TPSA) is 55.1 Å². The number of benzene rings is 1. The zero-order valence-corrected chi connectivity index (χ0v) is 12.3. The number of halogens is 1. The Hall–Kier alpha value is -0.710. The number of rotatable bonds is 6. The molecule has 1 rings (SSSR count). The Morgan fingerprint density at radius 3 is 2.56 bits per heavy atom. The third-order valence-corrected chi connectivity index (χ3v) is 3.78. The van der Waals surface area contributed by atoms with Gasteiger partial charge in [0.25, 0.3) is 0 Å². The first-order valence-corrected chi connectivity index (χ1v) is 7.28. The van der Waals surface area contributed by atoms with Crippen molar-refractivity contribution in [2.75, 3.05) is 11.5 Å². The van der Waals surface area contributed by atoms with Crippen molar-refractivity contribution in [2.24, 2.45) is 5.73 Å². The molecule has 0 aliphatic carbocycles. The number of hydrogen-bond acceptors (Lipinski definition) is 3. The van der Waals surface area contributed by atoms with Crippen LogP contribution in [0.15, 0.2) is 24.3 Å². The fraction of sp³-hybridized carbons (Fsp3) is 0.462. The van der Waals surface area contributed by atoms with Crippen LogP contribution in [0.2, 0.25) is 5.02 Å². The van der Waals surface area contributed by atoms with Gasteiger partial charge in [-0.05, 0) is 31.5 Å². The maximum atomic E-state index is 11.6. The Kier molecular flexibility index (Phi) is 5.99. The van der Waals surface area contributed by atoms with E-state index in [0.717, 1.165) is 11.3 Å². The van der Waals surface area contributed by atoms with E-state index in [4.69, 9.17) is 17.3 Å². The van der Waals surface area contributed by atoms with Crippen LogP contribution in [0.4, 0.5) is 0 Å². The SMILES string of the molecule is CC(C)(N)CSCC(=O)NCc1ccc(Cl)cc1. The predicted molar refractivity (Wildman–Crippen MR) is 78.9 cm³/mol. The van der Waals surface area contributed by atoms with Crippen molar-refractivity contribution in [1.82, 2.24) is 5.32 Å². The molecule has 0 unspecified atom stereocenters. The summed E-state index contributed by atoms with van der Waals surface area (Å²) in [6.07, 6.45) is 0. The Labute approximate surface area is 117 Å². The summed E-state index contributed by atoms with van der Waals surface area (Å²) >= 11 is 7.33. The van der Waals surface area contributed by atoms with Crippen LogP contribution < -0.4 is 11.1 Å². The van der Waals surface area contributed by atoms with Crippen molar-refractivity contribution in [3.63, 3.8) is 0 Å². The van der Waals surface area contributed by atoms with Gasteiger partial charge in [-0.2, -0.15) is 11.8 Å². The first-order chi connectivity index (χ1) is 8.37. The molecule has 0 fully saturated rings. The maximum Gasteiger partial charge on any atom is 0.230 e. The van der Waals surface area contributed by atoms with Crippen LogP contribution in [0.3, 0.4) is 0 Å². The highest BCUT2D eigenvalue weighted by Gasteiger charge is 2.11. The van der Waals surface area contributed by atoms with Crippen LogP contribution in [0.1, 0.15) is 19.4 Å².